The van der Waals surface area contributed by atoms with Gasteiger partial charge in [0.15, 0.2) is 35.1 Å². The van der Waals surface area contributed by atoms with Gasteiger partial charge in [-0.15, -0.1) is 0 Å². The van der Waals surface area contributed by atoms with Crippen LogP contribution >= 0.6 is 15.6 Å². The monoisotopic (exact) mass is 871 g/mol. The van der Waals surface area contributed by atoms with Gasteiger partial charge in [-0.3, -0.25) is 47.3 Å². The van der Waals surface area contributed by atoms with E-state index in [9.17, 15) is 53.7 Å². The fourth-order valence-electron chi connectivity index (χ4n) is 6.35. The molecular formula is C29H35N11O17P2. The van der Waals surface area contributed by atoms with E-state index in [4.69, 9.17) is 34.5 Å². The Hall–Kier alpha value is -5.22. The number of fused-ring (bicyclic) bond motifs is 2. The molecule has 30 heteroatoms. The van der Waals surface area contributed by atoms with E-state index in [-0.39, 0.29) is 50.9 Å². The molecule has 2 aliphatic heterocycles. The SMILES string of the molecule is Cc1c(CC(=O)OP(=O)(O)OC[C@H]2O[C@@H](n3cnc4c(N)ncnc43)[C@H](O)[C@@H]2O)[nH]c(=O)c(C)c1OP(=O)(O)OC[C@H]1O[C@@H](n2cnc3c(=O)[nH]c(N)nc32)[C@H](O)[C@@H]1O. The zero-order valence-corrected chi connectivity index (χ0v) is 32.1. The number of nitrogens with zero attached hydrogens (tertiary/aromatic N) is 7. The maximum absolute atomic E-state index is 13.1. The molecule has 0 radical (unpaired) electrons. The Balaban J connectivity index is 0.962. The molecule has 2 fully saturated rings. The van der Waals surface area contributed by atoms with Gasteiger partial charge in [0.25, 0.3) is 11.1 Å². The standard InChI is InChI=1S/C29H35N11O17P2/c1-9-11(3-14(41)56-58(48,49)52-4-12-17(42)19(44)27(54-12)39-7-34-15-22(30)32-6-33-23(15)39)36-25(46)10(2)21(9)57-59(50,51)53-5-13-18(43)20(45)28(55-13)40-8-35-16-24(40)37-29(31)38-26(16)47/h6-8,12-13,17-20,27-28,42-45H,3-5H2,1-2H3,(H,36,46)(H,48,49)(H,50,51)(H2,30,32,33)(H3,31,37,38,47)/t12-,13-,17-,18-,19-,20-,27-,28-/m1/s1. The average molecular weight is 872 g/mol. The summed E-state index contributed by atoms with van der Waals surface area (Å²) in [5.74, 6) is -2.17. The number of aromatic amines is 2. The van der Waals surface area contributed by atoms with E-state index in [0.29, 0.717) is 0 Å². The lowest BCUT2D eigenvalue weighted by atomic mass is 10.1. The van der Waals surface area contributed by atoms with Crippen LogP contribution in [0.25, 0.3) is 22.3 Å². The second-order valence-corrected chi connectivity index (χ2v) is 16.0. The highest BCUT2D eigenvalue weighted by Crippen LogP contribution is 2.48. The molecule has 7 rings (SSSR count). The number of nitrogens with two attached hydrogens (primary N) is 2. The summed E-state index contributed by atoms with van der Waals surface area (Å²) >= 11 is 0. The van der Waals surface area contributed by atoms with Crippen LogP contribution in [0.3, 0.4) is 0 Å². The van der Waals surface area contributed by atoms with Crippen LogP contribution < -0.4 is 27.1 Å². The number of pyridine rings is 1. The third-order valence-electron chi connectivity index (χ3n) is 9.35. The number of H-pyrrole nitrogens is 2. The normalized spacial score (nSPS) is 26.6. The third kappa shape index (κ3) is 8.21. The van der Waals surface area contributed by atoms with Crippen molar-refractivity contribution in [1.29, 1.82) is 0 Å². The number of carbonyl (C=O) groups is 1. The van der Waals surface area contributed by atoms with E-state index < -0.39 is 107 Å². The Labute approximate surface area is 327 Å². The maximum atomic E-state index is 13.1. The molecule has 28 nitrogen and oxygen atoms in total. The van der Waals surface area contributed by atoms with Crippen LogP contribution in [0, 0.1) is 13.8 Å². The van der Waals surface area contributed by atoms with E-state index in [2.05, 4.69) is 39.4 Å². The van der Waals surface area contributed by atoms with Crippen molar-refractivity contribution in [3.63, 3.8) is 0 Å². The summed E-state index contributed by atoms with van der Waals surface area (Å²) in [7, 11) is -10.4. The Morgan fingerprint density at radius 2 is 1.37 bits per heavy atom. The number of phosphoric acid groups is 2. The molecular weight excluding hydrogens is 836 g/mol. The summed E-state index contributed by atoms with van der Waals surface area (Å²) in [5, 5.41) is 42.5. The zero-order chi connectivity index (χ0) is 42.7. The second kappa shape index (κ2) is 15.8. The lowest BCUT2D eigenvalue weighted by Crippen LogP contribution is -2.33. The molecule has 0 saturated carbocycles. The average Bonchev–Trinajstić information content (AvgIpc) is 3.92. The summed E-state index contributed by atoms with van der Waals surface area (Å²) in [6, 6.07) is 0. The minimum atomic E-state index is -5.24. The van der Waals surface area contributed by atoms with E-state index in [1.54, 1.807) is 0 Å². The van der Waals surface area contributed by atoms with Gasteiger partial charge in [0.1, 0.15) is 54.2 Å². The zero-order valence-electron chi connectivity index (χ0n) is 30.3. The molecule has 12 N–H and O–H groups in total. The number of ether oxygens (including phenoxy) is 2. The van der Waals surface area contributed by atoms with Gasteiger partial charge in [0, 0.05) is 11.3 Å². The Kier molecular flexibility index (Phi) is 11.2. The summed E-state index contributed by atoms with van der Waals surface area (Å²) in [6.07, 6.45) is -9.64. The highest BCUT2D eigenvalue weighted by atomic mass is 31.2. The number of aromatic nitrogens is 9. The molecule has 7 heterocycles. The summed E-state index contributed by atoms with van der Waals surface area (Å²) in [4.78, 5) is 83.0. The Bertz CT molecular complexity index is 2650. The minimum absolute atomic E-state index is 0.0396. The number of hydrogen-bond donors (Lipinski definition) is 10. The quantitative estimate of drug-likeness (QED) is 0.0529. The van der Waals surface area contributed by atoms with Gasteiger partial charge in [-0.05, 0) is 13.8 Å². The predicted octanol–water partition coefficient (Wildman–Crippen LogP) is -2.93. The number of nitrogens with one attached hydrogen (secondary N) is 2. The highest BCUT2D eigenvalue weighted by molar-refractivity contribution is 7.48. The van der Waals surface area contributed by atoms with Gasteiger partial charge in [0.05, 0.1) is 37.9 Å². The van der Waals surface area contributed by atoms with Crippen LogP contribution in [0.4, 0.5) is 11.8 Å². The van der Waals surface area contributed by atoms with E-state index >= 15 is 0 Å². The van der Waals surface area contributed by atoms with Crippen molar-refractivity contribution in [1.82, 2.24) is 44.0 Å². The van der Waals surface area contributed by atoms with Crippen LogP contribution in [0.2, 0.25) is 0 Å². The van der Waals surface area contributed by atoms with Crippen molar-refractivity contribution in [2.45, 2.75) is 69.3 Å². The first kappa shape index (κ1) is 41.9. The van der Waals surface area contributed by atoms with Gasteiger partial charge in [-0.2, -0.15) is 4.98 Å². The summed E-state index contributed by atoms with van der Waals surface area (Å²) in [6.45, 7) is 0.766. The van der Waals surface area contributed by atoms with Crippen LogP contribution in [-0.4, -0.2) is 130 Å². The number of aliphatic hydroxyl groups excluding tert-OH is 4. The number of phosphoric ester groups is 2. The molecule has 0 amide bonds. The van der Waals surface area contributed by atoms with E-state index in [1.165, 1.54) is 24.7 Å². The smallest absolute Gasteiger partial charge is 0.403 e. The highest BCUT2D eigenvalue weighted by Gasteiger charge is 2.47. The van der Waals surface area contributed by atoms with Gasteiger partial charge in [0.2, 0.25) is 5.95 Å². The maximum Gasteiger partial charge on any atom is 0.529 e. The lowest BCUT2D eigenvalue weighted by molar-refractivity contribution is -0.135. The van der Waals surface area contributed by atoms with Crippen LogP contribution in [0.15, 0.2) is 28.6 Å². The molecule has 10 atom stereocenters. The first-order chi connectivity index (χ1) is 27.7. The lowest BCUT2D eigenvalue weighted by Gasteiger charge is -2.20. The van der Waals surface area contributed by atoms with Crippen molar-refractivity contribution in [3.8, 4) is 5.75 Å². The predicted molar refractivity (Wildman–Crippen MR) is 193 cm³/mol. The molecule has 2 aliphatic rings. The molecule has 318 valence electrons. The Morgan fingerprint density at radius 3 is 2.00 bits per heavy atom. The number of rotatable bonds is 13. The summed E-state index contributed by atoms with van der Waals surface area (Å²) < 4.78 is 59.2. The molecule has 5 aromatic rings. The van der Waals surface area contributed by atoms with Crippen molar-refractivity contribution in [2.75, 3.05) is 24.7 Å². The Morgan fingerprint density at radius 1 is 0.797 bits per heavy atom. The molecule has 0 bridgehead atoms. The van der Waals surface area contributed by atoms with Crippen molar-refractivity contribution in [2.24, 2.45) is 0 Å². The topological polar surface area (TPSA) is 420 Å². The molecule has 59 heavy (non-hydrogen) atoms. The number of anilines is 2. The van der Waals surface area contributed by atoms with Gasteiger partial charge in [-0.1, -0.05) is 0 Å². The molecule has 5 aromatic heterocycles. The number of carbonyl (C=O) groups excluding carboxylic acids is 1. The molecule has 2 saturated heterocycles. The third-order valence-corrected chi connectivity index (χ3v) is 11.1. The van der Waals surface area contributed by atoms with Gasteiger partial charge >= 0.3 is 21.6 Å². The first-order valence-corrected chi connectivity index (χ1v) is 20.0. The molecule has 0 aliphatic carbocycles. The first-order valence-electron chi connectivity index (χ1n) is 17.0. The number of aliphatic hydroxyl groups is 4. The fraction of sp³-hybridized carbons (Fsp3) is 0.448. The van der Waals surface area contributed by atoms with Crippen LogP contribution in [0.1, 0.15) is 29.3 Å². The van der Waals surface area contributed by atoms with Crippen LogP contribution in [0.5, 0.6) is 5.75 Å². The molecule has 0 aromatic carbocycles. The van der Waals surface area contributed by atoms with Gasteiger partial charge < -0.3 is 55.4 Å². The van der Waals surface area contributed by atoms with Crippen molar-refractivity contribution < 1.29 is 71.7 Å². The van der Waals surface area contributed by atoms with Gasteiger partial charge in [-0.25, -0.2) is 29.1 Å². The fourth-order valence-corrected chi connectivity index (χ4v) is 7.95. The number of nitrogen functional groups attached to an aromatic ring is 2. The van der Waals surface area contributed by atoms with E-state index in [1.807, 2.05) is 0 Å². The van der Waals surface area contributed by atoms with Crippen molar-refractivity contribution in [3.05, 3.63) is 56.5 Å². The second-order valence-electron chi connectivity index (χ2n) is 13.2. The minimum Gasteiger partial charge on any atom is -0.403 e. The number of imidazole rings is 2. The molecule has 2 unspecified atom stereocenters. The van der Waals surface area contributed by atoms with Crippen molar-refractivity contribution >= 4 is 55.7 Å². The molecule has 0 spiro atoms. The van der Waals surface area contributed by atoms with Crippen LogP contribution in [-0.2, 0) is 43.4 Å². The largest absolute Gasteiger partial charge is 0.529 e. The summed E-state index contributed by atoms with van der Waals surface area (Å²) in [5.41, 5.74) is 9.28. The number of hydrogen-bond acceptors (Lipinski definition) is 22. The van der Waals surface area contributed by atoms with E-state index in [0.717, 1.165) is 17.2 Å².